The van der Waals surface area contributed by atoms with E-state index in [-0.39, 0.29) is 5.91 Å². The Morgan fingerprint density at radius 1 is 1.21 bits per heavy atom. The quantitative estimate of drug-likeness (QED) is 0.639. The fourth-order valence-electron chi connectivity index (χ4n) is 3.96. The van der Waals surface area contributed by atoms with Crippen molar-refractivity contribution >= 4 is 5.91 Å². The number of nitrogens with zero attached hydrogens (tertiary/aromatic N) is 3. The van der Waals surface area contributed by atoms with E-state index in [1.54, 1.807) is 25.7 Å². The van der Waals surface area contributed by atoms with Gasteiger partial charge in [-0.3, -0.25) is 9.78 Å². The highest BCUT2D eigenvalue weighted by atomic mass is 16.5. The number of likely N-dealkylation sites (tertiary alicyclic amines) is 1. The number of unbranched alkanes of at least 4 members (excludes halogenated alkanes) is 2. The molecule has 1 aromatic heterocycles. The first kappa shape index (κ1) is 20.3. The Labute approximate surface area is 168 Å². The molecule has 2 heterocycles. The highest BCUT2D eigenvalue weighted by molar-refractivity contribution is 5.92. The van der Waals surface area contributed by atoms with Crippen LogP contribution >= 0.6 is 0 Å². The predicted octanol–water partition coefficient (Wildman–Crippen LogP) is 4.31. The number of ether oxygens (including phenoxy) is 1. The third-order valence-corrected chi connectivity index (χ3v) is 5.60. The van der Waals surface area contributed by atoms with Gasteiger partial charge >= 0.3 is 0 Å². The van der Waals surface area contributed by atoms with Crippen molar-refractivity contribution in [3.8, 4) is 5.75 Å². The molecule has 0 bridgehead atoms. The van der Waals surface area contributed by atoms with Crippen LogP contribution in [0, 0.1) is 5.92 Å². The number of carbonyl (C=O) groups is 1. The Kier molecular flexibility index (Phi) is 7.40. The van der Waals surface area contributed by atoms with Gasteiger partial charge in [-0.05, 0) is 55.2 Å². The lowest BCUT2D eigenvalue weighted by molar-refractivity contribution is 0.0684. The van der Waals surface area contributed by atoms with E-state index >= 15 is 0 Å². The molecule has 1 amide bonds. The van der Waals surface area contributed by atoms with Crippen LogP contribution in [0.15, 0.2) is 36.8 Å². The fourth-order valence-corrected chi connectivity index (χ4v) is 3.96. The van der Waals surface area contributed by atoms with Gasteiger partial charge < -0.3 is 9.64 Å². The molecule has 150 valence electrons. The number of hydrogen-bond donors (Lipinski definition) is 0. The molecule has 0 spiro atoms. The van der Waals surface area contributed by atoms with Gasteiger partial charge in [0, 0.05) is 25.5 Å². The van der Waals surface area contributed by atoms with E-state index in [0.717, 1.165) is 44.5 Å². The van der Waals surface area contributed by atoms with Gasteiger partial charge in [0.25, 0.3) is 5.91 Å². The summed E-state index contributed by atoms with van der Waals surface area (Å²) < 4.78 is 5.55. The molecule has 2 aromatic rings. The molecular weight excluding hydrogens is 350 g/mol. The molecular formula is C23H31N3O2. The largest absolute Gasteiger partial charge is 0.496 e. The second-order valence-corrected chi connectivity index (χ2v) is 7.63. The summed E-state index contributed by atoms with van der Waals surface area (Å²) >= 11 is 0. The van der Waals surface area contributed by atoms with E-state index in [1.807, 2.05) is 4.90 Å². The predicted molar refractivity (Wildman–Crippen MR) is 111 cm³/mol. The van der Waals surface area contributed by atoms with Gasteiger partial charge in [0.2, 0.25) is 0 Å². The molecule has 1 fully saturated rings. The van der Waals surface area contributed by atoms with Crippen molar-refractivity contribution in [3.05, 3.63) is 53.6 Å². The van der Waals surface area contributed by atoms with E-state index in [2.05, 4.69) is 35.1 Å². The van der Waals surface area contributed by atoms with E-state index in [1.165, 1.54) is 30.4 Å². The van der Waals surface area contributed by atoms with Crippen molar-refractivity contribution in [2.24, 2.45) is 5.92 Å². The average Bonchev–Trinajstić information content (AvgIpc) is 2.75. The minimum absolute atomic E-state index is 0.00536. The maximum atomic E-state index is 12.5. The number of rotatable bonds is 8. The summed E-state index contributed by atoms with van der Waals surface area (Å²) in [5.74, 6) is 1.61. The van der Waals surface area contributed by atoms with Crippen molar-refractivity contribution < 1.29 is 9.53 Å². The Morgan fingerprint density at radius 3 is 2.71 bits per heavy atom. The van der Waals surface area contributed by atoms with Crippen LogP contribution in [-0.2, 0) is 12.8 Å². The summed E-state index contributed by atoms with van der Waals surface area (Å²) in [5, 5.41) is 0. The van der Waals surface area contributed by atoms with Crippen molar-refractivity contribution in [1.82, 2.24) is 14.9 Å². The SMILES string of the molecule is CCCCCc1cc(CC2CCN(C(=O)c3cnccn3)CC2)ccc1OC. The lowest BCUT2D eigenvalue weighted by Gasteiger charge is -2.32. The maximum Gasteiger partial charge on any atom is 0.274 e. The Bertz CT molecular complexity index is 756. The minimum Gasteiger partial charge on any atom is -0.496 e. The molecule has 5 heteroatoms. The summed E-state index contributed by atoms with van der Waals surface area (Å²) in [6.07, 6.45) is 12.6. The van der Waals surface area contributed by atoms with Crippen molar-refractivity contribution in [2.45, 2.75) is 51.9 Å². The van der Waals surface area contributed by atoms with Gasteiger partial charge in [0.05, 0.1) is 13.3 Å². The molecule has 5 nitrogen and oxygen atoms in total. The summed E-state index contributed by atoms with van der Waals surface area (Å²) in [5.41, 5.74) is 3.14. The molecule has 1 saturated heterocycles. The third kappa shape index (κ3) is 5.31. The Morgan fingerprint density at radius 2 is 2.04 bits per heavy atom. The van der Waals surface area contributed by atoms with Crippen LogP contribution in [0.5, 0.6) is 5.75 Å². The monoisotopic (exact) mass is 381 g/mol. The number of benzene rings is 1. The molecule has 1 aliphatic rings. The summed E-state index contributed by atoms with van der Waals surface area (Å²) in [6, 6.07) is 6.63. The summed E-state index contributed by atoms with van der Waals surface area (Å²) in [6.45, 7) is 3.81. The normalized spacial score (nSPS) is 14.9. The first-order chi connectivity index (χ1) is 13.7. The number of carbonyl (C=O) groups excluding carboxylic acids is 1. The first-order valence-corrected chi connectivity index (χ1v) is 10.4. The first-order valence-electron chi connectivity index (χ1n) is 10.4. The molecule has 0 aliphatic carbocycles. The Hall–Kier alpha value is -2.43. The van der Waals surface area contributed by atoms with Crippen LogP contribution in [0.25, 0.3) is 0 Å². The van der Waals surface area contributed by atoms with Crippen molar-refractivity contribution in [1.29, 1.82) is 0 Å². The zero-order valence-corrected chi connectivity index (χ0v) is 17.1. The number of hydrogen-bond acceptors (Lipinski definition) is 4. The lowest BCUT2D eigenvalue weighted by Crippen LogP contribution is -2.39. The fraction of sp³-hybridized carbons (Fsp3) is 0.522. The topological polar surface area (TPSA) is 55.3 Å². The van der Waals surface area contributed by atoms with E-state index in [9.17, 15) is 4.79 Å². The van der Waals surface area contributed by atoms with Gasteiger partial charge in [0.15, 0.2) is 0 Å². The van der Waals surface area contributed by atoms with Gasteiger partial charge in [-0.2, -0.15) is 0 Å². The van der Waals surface area contributed by atoms with Crippen molar-refractivity contribution in [2.75, 3.05) is 20.2 Å². The summed E-state index contributed by atoms with van der Waals surface area (Å²) in [7, 11) is 1.75. The molecule has 0 radical (unpaired) electrons. The molecule has 3 rings (SSSR count). The summed E-state index contributed by atoms with van der Waals surface area (Å²) in [4.78, 5) is 22.6. The van der Waals surface area contributed by atoms with Crippen molar-refractivity contribution in [3.63, 3.8) is 0 Å². The number of aromatic nitrogens is 2. The van der Waals surface area contributed by atoms with Crippen LogP contribution in [0.3, 0.4) is 0 Å². The molecule has 0 N–H and O–H groups in total. The van der Waals surface area contributed by atoms with Crippen LogP contribution in [-0.4, -0.2) is 41.0 Å². The third-order valence-electron chi connectivity index (χ3n) is 5.60. The zero-order chi connectivity index (χ0) is 19.8. The Balaban J connectivity index is 1.55. The van der Waals surface area contributed by atoms with Gasteiger partial charge in [-0.1, -0.05) is 31.9 Å². The highest BCUT2D eigenvalue weighted by Crippen LogP contribution is 2.27. The standard InChI is InChI=1S/C23H31N3O2/c1-3-4-5-6-20-16-19(7-8-22(20)28-2)15-18-9-13-26(14-10-18)23(27)21-17-24-11-12-25-21/h7-8,11-12,16-18H,3-6,9-10,13-15H2,1-2H3. The molecule has 0 saturated carbocycles. The van der Waals surface area contributed by atoms with Gasteiger partial charge in [-0.25, -0.2) is 4.98 Å². The van der Waals surface area contributed by atoms with E-state index < -0.39 is 0 Å². The second kappa shape index (κ2) is 10.2. The number of amides is 1. The molecule has 28 heavy (non-hydrogen) atoms. The molecule has 0 atom stereocenters. The maximum absolute atomic E-state index is 12.5. The van der Waals surface area contributed by atoms with Crippen LogP contribution in [0.4, 0.5) is 0 Å². The molecule has 1 aromatic carbocycles. The van der Waals surface area contributed by atoms with Crippen LogP contribution < -0.4 is 4.74 Å². The minimum atomic E-state index is -0.00536. The van der Waals surface area contributed by atoms with E-state index in [0.29, 0.717) is 11.6 Å². The molecule has 0 unspecified atom stereocenters. The zero-order valence-electron chi connectivity index (χ0n) is 17.1. The lowest BCUT2D eigenvalue weighted by atomic mass is 9.89. The van der Waals surface area contributed by atoms with E-state index in [4.69, 9.17) is 4.74 Å². The van der Waals surface area contributed by atoms with Crippen LogP contribution in [0.1, 0.15) is 60.6 Å². The number of aryl methyl sites for hydroxylation is 1. The average molecular weight is 382 g/mol. The number of methoxy groups -OCH3 is 1. The van der Waals surface area contributed by atoms with Crippen LogP contribution in [0.2, 0.25) is 0 Å². The second-order valence-electron chi connectivity index (χ2n) is 7.63. The van der Waals surface area contributed by atoms with Gasteiger partial charge in [-0.15, -0.1) is 0 Å². The molecule has 1 aliphatic heterocycles. The van der Waals surface area contributed by atoms with Gasteiger partial charge in [0.1, 0.15) is 11.4 Å². The number of piperidine rings is 1. The highest BCUT2D eigenvalue weighted by Gasteiger charge is 2.24. The smallest absolute Gasteiger partial charge is 0.274 e.